The van der Waals surface area contributed by atoms with Crippen molar-refractivity contribution < 1.29 is 24.5 Å². The van der Waals surface area contributed by atoms with Crippen LogP contribution >= 0.6 is 0 Å². The zero-order valence-corrected chi connectivity index (χ0v) is 42.7. The molecule has 9 aromatic rings. The SMILES string of the molecule is CC(C)c1cc(-c2ccccc2)cc(C(C)C)c1-n1c(-c2[c-]ccc3c2oc2ccccc23)nc2ccccc21.CCC(C)(C)C(C)c1cc(-c2[c-]cccc2)ncc1[Si](C)(C)C.[Ir]. The first-order valence-corrected chi connectivity index (χ1v) is 26.2. The number of furan rings is 1. The van der Waals surface area contributed by atoms with Crippen LogP contribution in [0.2, 0.25) is 19.6 Å². The van der Waals surface area contributed by atoms with Gasteiger partial charge in [-0.15, -0.1) is 54.1 Å². The van der Waals surface area contributed by atoms with Gasteiger partial charge in [0, 0.05) is 37.4 Å². The molecule has 0 N–H and O–H groups in total. The Bertz CT molecular complexity index is 3000. The van der Waals surface area contributed by atoms with Gasteiger partial charge in [0.2, 0.25) is 0 Å². The second-order valence-electron chi connectivity index (χ2n) is 19.4. The van der Waals surface area contributed by atoms with Crippen LogP contribution in [0.15, 0.2) is 144 Å². The number of fused-ring (bicyclic) bond motifs is 4. The molecule has 6 heteroatoms. The predicted molar refractivity (Wildman–Crippen MR) is 270 cm³/mol. The molecule has 9 rings (SSSR count). The van der Waals surface area contributed by atoms with Crippen molar-refractivity contribution in [3.8, 4) is 39.5 Å². The molecule has 0 aliphatic heterocycles. The van der Waals surface area contributed by atoms with E-state index in [9.17, 15) is 0 Å². The smallest absolute Gasteiger partial charge is 0.120 e. The van der Waals surface area contributed by atoms with Crippen LogP contribution < -0.4 is 5.19 Å². The Hall–Kier alpha value is -5.39. The first kappa shape index (κ1) is 46.6. The number of nitrogens with zero attached hydrogens (tertiary/aromatic N) is 3. The largest absolute Gasteiger partial charge is 0.501 e. The van der Waals surface area contributed by atoms with E-state index >= 15 is 0 Å². The summed E-state index contributed by atoms with van der Waals surface area (Å²) in [6.07, 6.45) is 3.31. The number of imidazole rings is 1. The van der Waals surface area contributed by atoms with Crippen molar-refractivity contribution in [2.24, 2.45) is 5.41 Å². The molecule has 0 saturated heterocycles. The first-order valence-electron chi connectivity index (χ1n) is 22.7. The maximum Gasteiger partial charge on any atom is 0.120 e. The Balaban J connectivity index is 0.000000219. The van der Waals surface area contributed by atoms with Crippen molar-refractivity contribution >= 4 is 46.2 Å². The quantitative estimate of drug-likeness (QED) is 0.101. The van der Waals surface area contributed by atoms with Gasteiger partial charge in [-0.1, -0.05) is 165 Å². The molecule has 64 heavy (non-hydrogen) atoms. The summed E-state index contributed by atoms with van der Waals surface area (Å²) in [5.41, 5.74) is 14.8. The van der Waals surface area contributed by atoms with Crippen LogP contribution in [0, 0.1) is 17.5 Å². The fourth-order valence-corrected chi connectivity index (χ4v) is 10.4. The molecule has 0 aliphatic rings. The Morgan fingerprint density at radius 2 is 1.34 bits per heavy atom. The topological polar surface area (TPSA) is 43.9 Å². The molecule has 1 radical (unpaired) electrons. The number of benzene rings is 6. The molecule has 6 aromatic carbocycles. The molecular formula is C58H61IrN3OSi-2. The molecule has 1 atom stereocenters. The van der Waals surface area contributed by atoms with Gasteiger partial charge in [0.05, 0.1) is 30.5 Å². The molecule has 0 aliphatic carbocycles. The monoisotopic (exact) mass is 1040 g/mol. The van der Waals surface area contributed by atoms with E-state index in [1.165, 1.54) is 45.1 Å². The third kappa shape index (κ3) is 9.11. The molecule has 329 valence electrons. The number of pyridine rings is 1. The van der Waals surface area contributed by atoms with Crippen molar-refractivity contribution in [2.45, 2.75) is 99.2 Å². The third-order valence-electron chi connectivity index (χ3n) is 13.1. The number of rotatable bonds is 10. The summed E-state index contributed by atoms with van der Waals surface area (Å²) in [5, 5.41) is 3.68. The Kier molecular flexibility index (Phi) is 13.8. The van der Waals surface area contributed by atoms with E-state index < -0.39 is 8.07 Å². The van der Waals surface area contributed by atoms with Crippen LogP contribution in [0.3, 0.4) is 0 Å². The van der Waals surface area contributed by atoms with Crippen LogP contribution in [0.25, 0.3) is 72.4 Å². The standard InChI is InChI=1S/C37H31N2O.C21H30NSi.Ir/c1-23(2)30-21-26(25-13-6-5-7-14-25)22-31(24(3)4)35(30)39-33-19-10-9-18-32(33)38-37(39)29-17-12-16-28-27-15-8-11-20-34(27)40-36(28)29;1-8-21(3,4)16(2)18-14-19(17-12-10-9-11-13-17)22-15-20(18)23(5,6)7;/h5-16,18-24H,1-4H3;9-12,14-16H,8H2,1-7H3;/q2*-1;. The molecule has 0 amide bonds. The Morgan fingerprint density at radius 1 is 0.688 bits per heavy atom. The van der Waals surface area contributed by atoms with E-state index in [1.807, 2.05) is 30.3 Å². The second kappa shape index (κ2) is 19.0. The van der Waals surface area contributed by atoms with E-state index in [2.05, 4.69) is 201 Å². The average Bonchev–Trinajstić information content (AvgIpc) is 3.87. The summed E-state index contributed by atoms with van der Waals surface area (Å²) in [7, 11) is -1.43. The van der Waals surface area contributed by atoms with E-state index in [4.69, 9.17) is 14.4 Å². The van der Waals surface area contributed by atoms with Crippen molar-refractivity contribution in [2.75, 3.05) is 0 Å². The van der Waals surface area contributed by atoms with Crippen LogP contribution in [-0.4, -0.2) is 22.6 Å². The number of hydrogen-bond donors (Lipinski definition) is 0. The van der Waals surface area contributed by atoms with Gasteiger partial charge in [-0.25, -0.2) is 0 Å². The summed E-state index contributed by atoms with van der Waals surface area (Å²) in [6, 6.07) is 53.4. The molecule has 0 saturated carbocycles. The van der Waals surface area contributed by atoms with Crippen molar-refractivity contribution in [1.29, 1.82) is 0 Å². The van der Waals surface area contributed by atoms with E-state index in [1.54, 1.807) is 0 Å². The molecule has 1 unspecified atom stereocenters. The minimum Gasteiger partial charge on any atom is -0.501 e. The summed E-state index contributed by atoms with van der Waals surface area (Å²) in [5.74, 6) is 1.97. The van der Waals surface area contributed by atoms with Crippen LogP contribution in [0.4, 0.5) is 0 Å². The van der Waals surface area contributed by atoms with Gasteiger partial charge in [0.15, 0.2) is 0 Å². The maximum absolute atomic E-state index is 6.47. The van der Waals surface area contributed by atoms with Crippen molar-refractivity contribution in [3.05, 3.63) is 168 Å². The van der Waals surface area contributed by atoms with Gasteiger partial charge in [-0.2, -0.15) is 0 Å². The maximum atomic E-state index is 6.47. The normalized spacial score (nSPS) is 12.5. The predicted octanol–water partition coefficient (Wildman–Crippen LogP) is 15.9. The number of para-hydroxylation sites is 3. The van der Waals surface area contributed by atoms with Crippen LogP contribution in [0.5, 0.6) is 0 Å². The summed E-state index contributed by atoms with van der Waals surface area (Å²) >= 11 is 0. The molecule has 0 fully saturated rings. The fraction of sp³-hybridized carbons (Fsp3) is 0.276. The second-order valence-corrected chi connectivity index (χ2v) is 24.4. The Morgan fingerprint density at radius 3 is 2.00 bits per heavy atom. The molecule has 3 aromatic heterocycles. The van der Waals surface area contributed by atoms with E-state index in [0.29, 0.717) is 17.8 Å². The molecular weight excluding hydrogens is 975 g/mol. The van der Waals surface area contributed by atoms with Gasteiger partial charge in [-0.05, 0) is 86.6 Å². The zero-order chi connectivity index (χ0) is 44.6. The molecule has 3 heterocycles. The van der Waals surface area contributed by atoms with Crippen LogP contribution in [0.1, 0.15) is 96.3 Å². The van der Waals surface area contributed by atoms with Gasteiger partial charge in [0.1, 0.15) is 5.58 Å². The minimum absolute atomic E-state index is 0. The minimum atomic E-state index is -1.43. The van der Waals surface area contributed by atoms with E-state index in [0.717, 1.165) is 55.6 Å². The van der Waals surface area contributed by atoms with Gasteiger partial charge < -0.3 is 14.0 Å². The summed E-state index contributed by atoms with van der Waals surface area (Å²) in [4.78, 5) is 10.0. The summed E-state index contributed by atoms with van der Waals surface area (Å²) < 4.78 is 8.83. The number of aromatic nitrogens is 3. The Labute approximate surface area is 395 Å². The number of hydrogen-bond acceptors (Lipinski definition) is 3. The van der Waals surface area contributed by atoms with Crippen molar-refractivity contribution in [1.82, 2.24) is 14.5 Å². The average molecular weight is 1040 g/mol. The molecule has 0 bridgehead atoms. The van der Waals surface area contributed by atoms with Crippen molar-refractivity contribution in [3.63, 3.8) is 0 Å². The zero-order valence-electron chi connectivity index (χ0n) is 39.3. The first-order chi connectivity index (χ1) is 30.2. The van der Waals surface area contributed by atoms with Crippen LogP contribution in [-0.2, 0) is 20.1 Å². The van der Waals surface area contributed by atoms with Gasteiger partial charge in [-0.3, -0.25) is 4.98 Å². The fourth-order valence-electron chi connectivity index (χ4n) is 8.78. The third-order valence-corrected chi connectivity index (χ3v) is 15.2. The van der Waals surface area contributed by atoms with E-state index in [-0.39, 0.29) is 25.5 Å². The van der Waals surface area contributed by atoms with Gasteiger partial charge in [0.25, 0.3) is 0 Å². The molecule has 0 spiro atoms. The molecule has 4 nitrogen and oxygen atoms in total. The van der Waals surface area contributed by atoms with Gasteiger partial charge >= 0.3 is 0 Å². The summed E-state index contributed by atoms with van der Waals surface area (Å²) in [6.45, 7) is 25.8.